The zero-order valence-electron chi connectivity index (χ0n) is 10.9. The van der Waals surface area contributed by atoms with Crippen molar-refractivity contribution in [1.29, 1.82) is 0 Å². The third-order valence-corrected chi connectivity index (χ3v) is 2.87. The largest absolute Gasteiger partial charge is 0.465 e. The van der Waals surface area contributed by atoms with Crippen molar-refractivity contribution >= 4 is 17.7 Å². The van der Waals surface area contributed by atoms with Gasteiger partial charge in [0.2, 0.25) is 0 Å². The third-order valence-electron chi connectivity index (χ3n) is 2.87. The van der Waals surface area contributed by atoms with Gasteiger partial charge in [0.1, 0.15) is 0 Å². The van der Waals surface area contributed by atoms with Crippen LogP contribution in [-0.4, -0.2) is 30.9 Å². The fraction of sp³-hybridized carbons (Fsp3) is 0.615. The minimum absolute atomic E-state index is 0.0429. The SMILES string of the molecule is CCOC(=O)C1=C[C@](C)(C(=O)OCC)CCC1=O. The number of carbonyl (C=O) groups is 3. The van der Waals surface area contributed by atoms with Crippen molar-refractivity contribution in [2.24, 2.45) is 5.41 Å². The smallest absolute Gasteiger partial charge is 0.341 e. The summed E-state index contributed by atoms with van der Waals surface area (Å²) in [5.74, 6) is -1.37. The number of ether oxygens (including phenoxy) is 2. The number of rotatable bonds is 4. The molecule has 0 amide bonds. The van der Waals surface area contributed by atoms with Gasteiger partial charge in [0, 0.05) is 6.42 Å². The van der Waals surface area contributed by atoms with Crippen LogP contribution in [0.4, 0.5) is 0 Å². The molecule has 0 heterocycles. The zero-order valence-corrected chi connectivity index (χ0v) is 10.9. The molecule has 0 saturated carbocycles. The molecular formula is C13H18O5. The molecule has 5 heteroatoms. The van der Waals surface area contributed by atoms with E-state index in [1.807, 2.05) is 0 Å². The van der Waals surface area contributed by atoms with E-state index in [0.717, 1.165) is 0 Å². The van der Waals surface area contributed by atoms with Crippen LogP contribution in [-0.2, 0) is 23.9 Å². The zero-order chi connectivity index (χ0) is 13.8. The number of ketones is 1. The number of hydrogen-bond donors (Lipinski definition) is 0. The van der Waals surface area contributed by atoms with E-state index < -0.39 is 17.4 Å². The minimum Gasteiger partial charge on any atom is -0.465 e. The van der Waals surface area contributed by atoms with Crippen LogP contribution in [0.3, 0.4) is 0 Å². The Kier molecular flexibility index (Phi) is 4.64. The Hall–Kier alpha value is -1.65. The predicted octanol–water partition coefficient (Wildman–Crippen LogP) is 1.41. The molecule has 0 fully saturated rings. The molecule has 0 saturated heterocycles. The van der Waals surface area contributed by atoms with Crippen LogP contribution in [0.5, 0.6) is 0 Å². The molecule has 100 valence electrons. The lowest BCUT2D eigenvalue weighted by Crippen LogP contribution is -2.34. The molecule has 0 N–H and O–H groups in total. The van der Waals surface area contributed by atoms with Crippen LogP contribution in [0.25, 0.3) is 0 Å². The molecule has 0 aromatic heterocycles. The van der Waals surface area contributed by atoms with Crippen LogP contribution >= 0.6 is 0 Å². The molecule has 1 aliphatic rings. The molecule has 1 rings (SSSR count). The van der Waals surface area contributed by atoms with Gasteiger partial charge in [-0.25, -0.2) is 4.79 Å². The first-order valence-corrected chi connectivity index (χ1v) is 6.05. The van der Waals surface area contributed by atoms with E-state index in [0.29, 0.717) is 6.42 Å². The lowest BCUT2D eigenvalue weighted by molar-refractivity contribution is -0.152. The molecule has 0 unspecified atom stereocenters. The highest BCUT2D eigenvalue weighted by atomic mass is 16.5. The molecule has 0 aliphatic heterocycles. The van der Waals surface area contributed by atoms with Crippen molar-refractivity contribution in [2.75, 3.05) is 13.2 Å². The second kappa shape index (κ2) is 5.80. The molecule has 0 aromatic carbocycles. The summed E-state index contributed by atoms with van der Waals surface area (Å²) in [7, 11) is 0. The van der Waals surface area contributed by atoms with E-state index in [9.17, 15) is 14.4 Å². The van der Waals surface area contributed by atoms with Gasteiger partial charge in [0.15, 0.2) is 5.78 Å². The molecule has 1 aliphatic carbocycles. The lowest BCUT2D eigenvalue weighted by atomic mass is 9.77. The van der Waals surface area contributed by atoms with Gasteiger partial charge in [-0.15, -0.1) is 0 Å². The summed E-state index contributed by atoms with van der Waals surface area (Å²) >= 11 is 0. The molecular weight excluding hydrogens is 236 g/mol. The highest BCUT2D eigenvalue weighted by molar-refractivity contribution is 6.18. The Bertz CT molecular complexity index is 396. The Morgan fingerprint density at radius 3 is 2.44 bits per heavy atom. The topological polar surface area (TPSA) is 69.7 Å². The van der Waals surface area contributed by atoms with Crippen LogP contribution < -0.4 is 0 Å². The molecule has 1 atom stereocenters. The van der Waals surface area contributed by atoms with Gasteiger partial charge in [-0.05, 0) is 33.3 Å². The first kappa shape index (κ1) is 14.4. The van der Waals surface area contributed by atoms with Gasteiger partial charge < -0.3 is 9.47 Å². The van der Waals surface area contributed by atoms with E-state index in [4.69, 9.17) is 9.47 Å². The van der Waals surface area contributed by atoms with Crippen LogP contribution in [0, 0.1) is 5.41 Å². The van der Waals surface area contributed by atoms with Crippen molar-refractivity contribution < 1.29 is 23.9 Å². The van der Waals surface area contributed by atoms with Crippen LogP contribution in [0.15, 0.2) is 11.6 Å². The molecule has 0 spiro atoms. The van der Waals surface area contributed by atoms with E-state index in [2.05, 4.69) is 0 Å². The van der Waals surface area contributed by atoms with Gasteiger partial charge in [0.05, 0.1) is 24.2 Å². The fourth-order valence-electron chi connectivity index (χ4n) is 1.82. The summed E-state index contributed by atoms with van der Waals surface area (Å²) < 4.78 is 9.77. The summed E-state index contributed by atoms with van der Waals surface area (Å²) in [5, 5.41) is 0. The second-order valence-corrected chi connectivity index (χ2v) is 4.34. The van der Waals surface area contributed by atoms with E-state index in [1.165, 1.54) is 6.08 Å². The van der Waals surface area contributed by atoms with Crippen LogP contribution in [0.1, 0.15) is 33.6 Å². The molecule has 0 radical (unpaired) electrons. The number of carbonyl (C=O) groups excluding carboxylic acids is 3. The van der Waals surface area contributed by atoms with Gasteiger partial charge in [-0.3, -0.25) is 9.59 Å². The first-order valence-electron chi connectivity index (χ1n) is 6.05. The Morgan fingerprint density at radius 1 is 1.28 bits per heavy atom. The normalized spacial score (nSPS) is 23.3. The number of hydrogen-bond acceptors (Lipinski definition) is 5. The summed E-state index contributed by atoms with van der Waals surface area (Å²) in [6.07, 6.45) is 1.89. The average Bonchev–Trinajstić information content (AvgIpc) is 2.33. The van der Waals surface area contributed by atoms with Gasteiger partial charge >= 0.3 is 11.9 Å². The van der Waals surface area contributed by atoms with E-state index in [-0.39, 0.29) is 31.0 Å². The van der Waals surface area contributed by atoms with E-state index >= 15 is 0 Å². The lowest BCUT2D eigenvalue weighted by Gasteiger charge is -2.27. The van der Waals surface area contributed by atoms with Gasteiger partial charge in [-0.2, -0.15) is 0 Å². The number of Topliss-reactive ketones (excluding diaryl/α,β-unsaturated/α-hetero) is 1. The number of esters is 2. The summed E-state index contributed by atoms with van der Waals surface area (Å²) in [6, 6.07) is 0. The van der Waals surface area contributed by atoms with Crippen molar-refractivity contribution in [2.45, 2.75) is 33.6 Å². The van der Waals surface area contributed by atoms with Crippen molar-refractivity contribution in [3.63, 3.8) is 0 Å². The average molecular weight is 254 g/mol. The Morgan fingerprint density at radius 2 is 1.89 bits per heavy atom. The second-order valence-electron chi connectivity index (χ2n) is 4.34. The molecule has 18 heavy (non-hydrogen) atoms. The monoisotopic (exact) mass is 254 g/mol. The predicted molar refractivity (Wildman–Crippen MR) is 63.7 cm³/mol. The Labute approximate surface area is 106 Å². The molecule has 5 nitrogen and oxygen atoms in total. The maximum atomic E-state index is 11.8. The summed E-state index contributed by atoms with van der Waals surface area (Å²) in [6.45, 7) is 5.50. The fourth-order valence-corrected chi connectivity index (χ4v) is 1.82. The molecule has 0 bridgehead atoms. The standard InChI is InChI=1S/C13H18O5/c1-4-17-11(15)9-8-13(3,7-6-10(9)14)12(16)18-5-2/h8H,4-7H2,1-3H3/t13-/m1/s1. The van der Waals surface area contributed by atoms with Crippen LogP contribution in [0.2, 0.25) is 0 Å². The van der Waals surface area contributed by atoms with Gasteiger partial charge in [0.25, 0.3) is 0 Å². The van der Waals surface area contributed by atoms with Crippen molar-refractivity contribution in [3.05, 3.63) is 11.6 Å². The van der Waals surface area contributed by atoms with Crippen molar-refractivity contribution in [1.82, 2.24) is 0 Å². The van der Waals surface area contributed by atoms with Crippen molar-refractivity contribution in [3.8, 4) is 0 Å². The third kappa shape index (κ3) is 2.97. The summed E-state index contributed by atoms with van der Waals surface area (Å²) in [5.41, 5.74) is -0.968. The quantitative estimate of drug-likeness (QED) is 0.560. The first-order chi connectivity index (χ1) is 8.44. The highest BCUT2D eigenvalue weighted by Crippen LogP contribution is 2.33. The summed E-state index contributed by atoms with van der Waals surface area (Å²) in [4.78, 5) is 35.1. The maximum Gasteiger partial charge on any atom is 0.341 e. The molecule has 0 aromatic rings. The maximum absolute atomic E-state index is 11.8. The Balaban J connectivity index is 3.00. The van der Waals surface area contributed by atoms with Gasteiger partial charge in [-0.1, -0.05) is 0 Å². The minimum atomic E-state index is -0.925. The van der Waals surface area contributed by atoms with E-state index in [1.54, 1.807) is 20.8 Å². The highest BCUT2D eigenvalue weighted by Gasteiger charge is 2.39.